The minimum atomic E-state index is 0.916. The zero-order valence-corrected chi connectivity index (χ0v) is 22.4. The van der Waals surface area contributed by atoms with E-state index in [0.29, 0.717) is 0 Å². The highest BCUT2D eigenvalue weighted by atomic mass is 15.3. The van der Waals surface area contributed by atoms with Crippen LogP contribution in [0.5, 0.6) is 0 Å². The van der Waals surface area contributed by atoms with Gasteiger partial charge in [0, 0.05) is 54.3 Å². The molecule has 3 aromatic carbocycles. The van der Waals surface area contributed by atoms with Crippen molar-refractivity contribution in [2.75, 3.05) is 6.54 Å². The Balaban J connectivity index is 1.51. The second-order valence-corrected chi connectivity index (χ2v) is 10.4. The van der Waals surface area contributed by atoms with Gasteiger partial charge in [-0.15, -0.1) is 0 Å². The molecule has 0 amide bonds. The fraction of sp³-hybridized carbons (Fsp3) is 0.303. The van der Waals surface area contributed by atoms with Gasteiger partial charge in [0.2, 0.25) is 0 Å². The molecule has 0 spiro atoms. The van der Waals surface area contributed by atoms with Crippen LogP contribution in [0.3, 0.4) is 0 Å². The molecule has 5 aromatic rings. The molecule has 0 atom stereocenters. The molecular formula is C33H36N4. The van der Waals surface area contributed by atoms with Crippen LogP contribution in [0.1, 0.15) is 52.9 Å². The second-order valence-electron chi connectivity index (χ2n) is 10.4. The Morgan fingerprint density at radius 3 is 2.35 bits per heavy atom. The van der Waals surface area contributed by atoms with Crippen LogP contribution in [0.4, 0.5) is 0 Å². The minimum absolute atomic E-state index is 0.916. The van der Waals surface area contributed by atoms with Gasteiger partial charge in [-0.3, -0.25) is 4.90 Å². The Labute approximate surface area is 220 Å². The fourth-order valence-corrected chi connectivity index (χ4v) is 6.03. The van der Waals surface area contributed by atoms with Gasteiger partial charge in [0.25, 0.3) is 0 Å². The topological polar surface area (TPSA) is 36.9 Å². The van der Waals surface area contributed by atoms with E-state index in [4.69, 9.17) is 5.10 Å². The highest BCUT2D eigenvalue weighted by Gasteiger charge is 2.28. The molecule has 1 aliphatic rings. The average molecular weight is 489 g/mol. The molecule has 0 saturated heterocycles. The molecule has 6 rings (SSSR count). The van der Waals surface area contributed by atoms with Crippen LogP contribution in [0.15, 0.2) is 66.9 Å². The third kappa shape index (κ3) is 4.19. The summed E-state index contributed by atoms with van der Waals surface area (Å²) in [6.45, 7) is 11.9. The van der Waals surface area contributed by atoms with Crippen LogP contribution in [0.25, 0.3) is 27.8 Å². The first-order valence-corrected chi connectivity index (χ1v) is 13.6. The van der Waals surface area contributed by atoms with E-state index >= 15 is 0 Å². The van der Waals surface area contributed by atoms with Crippen LogP contribution in [-0.4, -0.2) is 26.2 Å². The van der Waals surface area contributed by atoms with Crippen LogP contribution in [-0.2, 0) is 32.4 Å². The summed E-state index contributed by atoms with van der Waals surface area (Å²) in [6, 6.07) is 22.3. The monoisotopic (exact) mass is 488 g/mol. The van der Waals surface area contributed by atoms with Crippen LogP contribution < -0.4 is 0 Å². The molecule has 4 heteroatoms. The number of aromatic nitrogens is 3. The number of aromatic amines is 1. The minimum Gasteiger partial charge on any atom is -0.361 e. The zero-order chi connectivity index (χ0) is 25.5. The van der Waals surface area contributed by atoms with Crippen molar-refractivity contribution in [2.45, 2.75) is 60.0 Å². The number of rotatable bonds is 6. The molecule has 0 unspecified atom stereocenters. The van der Waals surface area contributed by atoms with Crippen LogP contribution in [0, 0.1) is 13.8 Å². The van der Waals surface area contributed by atoms with Gasteiger partial charge in [-0.25, -0.2) is 4.68 Å². The lowest BCUT2D eigenvalue weighted by atomic mass is 9.97. The van der Waals surface area contributed by atoms with Gasteiger partial charge in [0.1, 0.15) is 0 Å². The molecule has 4 nitrogen and oxygen atoms in total. The summed E-state index contributed by atoms with van der Waals surface area (Å²) >= 11 is 0. The number of nitrogens with one attached hydrogen (secondary N) is 1. The van der Waals surface area contributed by atoms with Crippen molar-refractivity contribution in [2.24, 2.45) is 0 Å². The maximum atomic E-state index is 5.34. The largest absolute Gasteiger partial charge is 0.361 e. The summed E-state index contributed by atoms with van der Waals surface area (Å²) in [7, 11) is 0. The van der Waals surface area contributed by atoms with Gasteiger partial charge >= 0.3 is 0 Å². The summed E-state index contributed by atoms with van der Waals surface area (Å²) < 4.78 is 2.29. The third-order valence-corrected chi connectivity index (χ3v) is 8.14. The van der Waals surface area contributed by atoms with Crippen molar-refractivity contribution in [1.82, 2.24) is 19.7 Å². The Kier molecular flexibility index (Phi) is 6.21. The molecule has 37 heavy (non-hydrogen) atoms. The molecule has 1 aliphatic heterocycles. The number of para-hydroxylation sites is 1. The lowest BCUT2D eigenvalue weighted by Crippen LogP contribution is -2.30. The maximum absolute atomic E-state index is 5.34. The van der Waals surface area contributed by atoms with Gasteiger partial charge in [-0.2, -0.15) is 5.10 Å². The Morgan fingerprint density at radius 1 is 0.892 bits per heavy atom. The molecule has 0 saturated carbocycles. The molecule has 0 bridgehead atoms. The second kappa shape index (κ2) is 9.68. The first-order valence-electron chi connectivity index (χ1n) is 13.6. The van der Waals surface area contributed by atoms with E-state index in [-0.39, 0.29) is 0 Å². The number of fused-ring (bicyclic) bond motifs is 2. The fourth-order valence-electron chi connectivity index (χ4n) is 6.03. The van der Waals surface area contributed by atoms with Crippen molar-refractivity contribution >= 4 is 10.9 Å². The molecule has 0 fully saturated rings. The Morgan fingerprint density at radius 2 is 1.62 bits per heavy atom. The third-order valence-electron chi connectivity index (χ3n) is 8.14. The lowest BCUT2D eigenvalue weighted by Gasteiger charge is -2.28. The number of nitrogens with zero attached hydrogens (tertiary/aromatic N) is 3. The van der Waals surface area contributed by atoms with Crippen molar-refractivity contribution < 1.29 is 0 Å². The molecule has 188 valence electrons. The van der Waals surface area contributed by atoms with Crippen molar-refractivity contribution in [3.05, 3.63) is 106 Å². The highest BCUT2D eigenvalue weighted by molar-refractivity contribution is 5.85. The van der Waals surface area contributed by atoms with Crippen molar-refractivity contribution in [3.63, 3.8) is 0 Å². The molecule has 0 aliphatic carbocycles. The number of hydrogen-bond donors (Lipinski definition) is 1. The quantitative estimate of drug-likeness (QED) is 0.272. The number of H-pyrrole nitrogens is 1. The molecule has 0 radical (unpaired) electrons. The first kappa shape index (κ1) is 23.7. The van der Waals surface area contributed by atoms with Gasteiger partial charge < -0.3 is 4.98 Å². The van der Waals surface area contributed by atoms with E-state index in [1.807, 2.05) is 6.20 Å². The summed E-state index contributed by atoms with van der Waals surface area (Å²) in [5, 5.41) is 6.58. The number of hydrogen-bond acceptors (Lipinski definition) is 2. The predicted molar refractivity (Wildman–Crippen MR) is 153 cm³/mol. The van der Waals surface area contributed by atoms with Gasteiger partial charge in [-0.05, 0) is 72.7 Å². The molecule has 3 heterocycles. The average Bonchev–Trinajstić information content (AvgIpc) is 3.54. The summed E-state index contributed by atoms with van der Waals surface area (Å²) in [5.41, 5.74) is 14.5. The first-order chi connectivity index (χ1) is 18.1. The maximum Gasteiger partial charge on any atom is 0.0789 e. The van der Waals surface area contributed by atoms with E-state index in [9.17, 15) is 0 Å². The molecular weight excluding hydrogens is 452 g/mol. The van der Waals surface area contributed by atoms with E-state index in [1.165, 1.54) is 66.9 Å². The smallest absolute Gasteiger partial charge is 0.0789 e. The Hall–Kier alpha value is -3.63. The lowest BCUT2D eigenvalue weighted by molar-refractivity contribution is 0.244. The number of benzene rings is 3. The molecule has 2 aromatic heterocycles. The van der Waals surface area contributed by atoms with E-state index in [2.05, 4.69) is 103 Å². The highest BCUT2D eigenvalue weighted by Crippen LogP contribution is 2.36. The van der Waals surface area contributed by atoms with Crippen molar-refractivity contribution in [3.8, 4) is 16.9 Å². The number of aryl methyl sites for hydroxylation is 4. The van der Waals surface area contributed by atoms with Crippen LogP contribution >= 0.6 is 0 Å². The Bertz CT molecular complexity index is 1540. The van der Waals surface area contributed by atoms with Gasteiger partial charge in [-0.1, -0.05) is 56.3 Å². The van der Waals surface area contributed by atoms with E-state index in [0.717, 1.165) is 38.9 Å². The zero-order valence-electron chi connectivity index (χ0n) is 22.4. The predicted octanol–water partition coefficient (Wildman–Crippen LogP) is 7.32. The SMILES string of the molecule is CCc1cccc(CC)c1-n1nc2c(c1-c1ccc3[nH]ccc3c1)CN(Cc1c(C)cccc1C)CC2. The summed E-state index contributed by atoms with van der Waals surface area (Å²) in [4.78, 5) is 5.96. The standard InChI is InChI=1S/C33H36N4/c1-5-24-11-8-12-25(6-2)32(24)37-33(27-13-14-30-26(19-27)15-17-34-30)29-21-36(18-16-31(29)35-37)20-28-22(3)9-7-10-23(28)4/h7-15,17,19,34H,5-6,16,18,20-21H2,1-4H3. The van der Waals surface area contributed by atoms with Gasteiger partial charge in [0.05, 0.1) is 17.1 Å². The van der Waals surface area contributed by atoms with Gasteiger partial charge in [0.15, 0.2) is 0 Å². The van der Waals surface area contributed by atoms with Crippen molar-refractivity contribution in [1.29, 1.82) is 0 Å². The normalized spacial score (nSPS) is 13.8. The van der Waals surface area contributed by atoms with E-state index in [1.54, 1.807) is 0 Å². The summed E-state index contributed by atoms with van der Waals surface area (Å²) in [6.07, 6.45) is 4.97. The van der Waals surface area contributed by atoms with Crippen LogP contribution in [0.2, 0.25) is 0 Å². The van der Waals surface area contributed by atoms with E-state index < -0.39 is 0 Å². The summed E-state index contributed by atoms with van der Waals surface area (Å²) in [5.74, 6) is 0. The molecule has 1 N–H and O–H groups in total.